The summed E-state index contributed by atoms with van der Waals surface area (Å²) in [6.07, 6.45) is 0. The van der Waals surface area contributed by atoms with Crippen LogP contribution >= 0.6 is 11.6 Å². The lowest BCUT2D eigenvalue weighted by molar-refractivity contribution is 0.477. The predicted molar refractivity (Wildman–Crippen MR) is 159 cm³/mol. The molecule has 0 radical (unpaired) electrons. The summed E-state index contributed by atoms with van der Waals surface area (Å²) in [7, 11) is 0. The van der Waals surface area contributed by atoms with Crippen molar-refractivity contribution in [3.63, 3.8) is 0 Å². The van der Waals surface area contributed by atoms with Crippen LogP contribution in [0.15, 0.2) is 132 Å². The molecule has 0 saturated carbocycles. The van der Waals surface area contributed by atoms with Crippen molar-refractivity contribution >= 4 is 33.7 Å². The normalized spacial score (nSPS) is 10.9. The first-order valence-electron chi connectivity index (χ1n) is 12.5. The van der Waals surface area contributed by atoms with Crippen LogP contribution in [0.1, 0.15) is 22.3 Å². The number of nitrogens with zero attached hydrogens (tertiary/aromatic N) is 1. The number of halogens is 1. The number of aromatic hydroxyl groups is 1. The lowest BCUT2D eigenvalue weighted by Crippen LogP contribution is -2.09. The molecule has 0 atom stereocenters. The molecule has 1 heterocycles. The molecule has 0 aliphatic carbocycles. The van der Waals surface area contributed by atoms with E-state index in [1.807, 2.05) is 66.7 Å². The highest BCUT2D eigenvalue weighted by Crippen LogP contribution is 2.39. The fraction of sp³-hybridized carbons (Fsp3) is 0. The van der Waals surface area contributed by atoms with Crippen molar-refractivity contribution in [2.24, 2.45) is 0 Å². The summed E-state index contributed by atoms with van der Waals surface area (Å²) in [5, 5.41) is 11.8. The van der Waals surface area contributed by atoms with Gasteiger partial charge in [0.25, 0.3) is 5.56 Å². The average molecular weight is 527 g/mol. The number of H-pyrrole nitrogens is 1. The van der Waals surface area contributed by atoms with Crippen LogP contribution in [-0.4, -0.2) is 15.1 Å². The smallest absolute Gasteiger partial charge is 0.281 e. The molecule has 39 heavy (non-hydrogen) atoms. The SMILES string of the molecule is O=c1nc(-c2cc(C(=C(c3ccccc3)c3ccccc3)c3ccccc3)ccc2O)[nH]c2ccc(Cl)cc12. The highest BCUT2D eigenvalue weighted by molar-refractivity contribution is 6.31. The van der Waals surface area contributed by atoms with Crippen LogP contribution in [-0.2, 0) is 0 Å². The zero-order valence-electron chi connectivity index (χ0n) is 20.8. The number of aromatic amines is 1. The Balaban J connectivity index is 1.65. The van der Waals surface area contributed by atoms with Crippen molar-refractivity contribution in [1.29, 1.82) is 0 Å². The van der Waals surface area contributed by atoms with Crippen LogP contribution in [0.2, 0.25) is 5.02 Å². The van der Waals surface area contributed by atoms with E-state index in [4.69, 9.17) is 11.6 Å². The van der Waals surface area contributed by atoms with Gasteiger partial charge >= 0.3 is 0 Å². The van der Waals surface area contributed by atoms with Crippen molar-refractivity contribution < 1.29 is 5.11 Å². The number of hydrogen-bond donors (Lipinski definition) is 2. The standard InChI is InChI=1S/C34H23ClN2O2/c35-26-17-18-29-27(21-26)34(39)37-33(36-29)28-20-25(16-19-30(28)38)32(24-14-8-3-9-15-24)31(22-10-4-1-5-11-22)23-12-6-2-7-13-23/h1-21,38H,(H,36,37,39). The molecule has 5 heteroatoms. The Hall–Kier alpha value is -4.93. The van der Waals surface area contributed by atoms with Crippen LogP contribution < -0.4 is 5.56 Å². The summed E-state index contributed by atoms with van der Waals surface area (Å²) < 4.78 is 0. The molecule has 0 unspecified atom stereocenters. The predicted octanol–water partition coefficient (Wildman–Crippen LogP) is 7.96. The quantitative estimate of drug-likeness (QED) is 0.224. The first kappa shape index (κ1) is 24.4. The van der Waals surface area contributed by atoms with Crippen molar-refractivity contribution in [3.05, 3.63) is 165 Å². The van der Waals surface area contributed by atoms with Gasteiger partial charge in [-0.3, -0.25) is 4.79 Å². The highest BCUT2D eigenvalue weighted by atomic mass is 35.5. The number of fused-ring (bicyclic) bond motifs is 1. The summed E-state index contributed by atoms with van der Waals surface area (Å²) in [5.74, 6) is 0.297. The molecular weight excluding hydrogens is 504 g/mol. The first-order valence-corrected chi connectivity index (χ1v) is 12.9. The molecule has 0 aliphatic heterocycles. The van der Waals surface area contributed by atoms with Crippen LogP contribution in [0.5, 0.6) is 5.75 Å². The molecule has 0 fully saturated rings. The second kappa shape index (κ2) is 10.4. The maximum absolute atomic E-state index is 12.9. The molecule has 6 rings (SSSR count). The fourth-order valence-electron chi connectivity index (χ4n) is 4.85. The molecule has 1 aromatic heterocycles. The molecule has 0 bridgehead atoms. The third-order valence-corrected chi connectivity index (χ3v) is 6.89. The van der Waals surface area contributed by atoms with E-state index in [9.17, 15) is 9.90 Å². The van der Waals surface area contributed by atoms with E-state index in [2.05, 4.69) is 46.4 Å². The molecule has 0 saturated heterocycles. The van der Waals surface area contributed by atoms with Gasteiger partial charge in [-0.2, -0.15) is 4.98 Å². The van der Waals surface area contributed by atoms with E-state index in [0.717, 1.165) is 33.4 Å². The van der Waals surface area contributed by atoms with Crippen LogP contribution in [0, 0.1) is 0 Å². The van der Waals surface area contributed by atoms with Gasteiger partial charge in [-0.15, -0.1) is 0 Å². The van der Waals surface area contributed by atoms with Gasteiger partial charge < -0.3 is 10.1 Å². The van der Waals surface area contributed by atoms with E-state index in [1.54, 1.807) is 24.3 Å². The second-order valence-electron chi connectivity index (χ2n) is 9.16. The van der Waals surface area contributed by atoms with Gasteiger partial charge in [0, 0.05) is 5.02 Å². The number of aromatic nitrogens is 2. The zero-order chi connectivity index (χ0) is 26.8. The van der Waals surface area contributed by atoms with Crippen molar-refractivity contribution in [3.8, 4) is 17.1 Å². The average Bonchev–Trinajstić information content (AvgIpc) is 2.98. The summed E-state index contributed by atoms with van der Waals surface area (Å²) in [6.45, 7) is 0. The van der Waals surface area contributed by atoms with Gasteiger partial charge in [0.15, 0.2) is 0 Å². The monoisotopic (exact) mass is 526 g/mol. The molecular formula is C34H23ClN2O2. The Labute approximate surface area is 230 Å². The van der Waals surface area contributed by atoms with Gasteiger partial charge in [-0.1, -0.05) is 109 Å². The summed E-state index contributed by atoms with van der Waals surface area (Å²) in [5.41, 5.74) is 6.65. The fourth-order valence-corrected chi connectivity index (χ4v) is 5.03. The summed E-state index contributed by atoms with van der Waals surface area (Å²) >= 11 is 6.09. The Morgan fingerprint density at radius 3 is 1.74 bits per heavy atom. The summed E-state index contributed by atoms with van der Waals surface area (Å²) in [6, 6.07) is 41.1. The number of hydrogen-bond acceptors (Lipinski definition) is 3. The molecule has 0 amide bonds. The van der Waals surface area contributed by atoms with Crippen molar-refractivity contribution in [1.82, 2.24) is 9.97 Å². The number of benzene rings is 5. The lowest BCUT2D eigenvalue weighted by atomic mass is 9.85. The van der Waals surface area contributed by atoms with Crippen LogP contribution in [0.25, 0.3) is 33.4 Å². The maximum Gasteiger partial charge on any atom is 0.281 e. The van der Waals surface area contributed by atoms with Gasteiger partial charge in [-0.25, -0.2) is 0 Å². The van der Waals surface area contributed by atoms with Gasteiger partial charge in [0.2, 0.25) is 0 Å². The number of phenols is 1. The minimum atomic E-state index is -0.417. The van der Waals surface area contributed by atoms with Gasteiger partial charge in [0.1, 0.15) is 11.6 Å². The number of rotatable bonds is 5. The van der Waals surface area contributed by atoms with Gasteiger partial charge in [0.05, 0.1) is 16.5 Å². The topological polar surface area (TPSA) is 66.0 Å². The van der Waals surface area contributed by atoms with Gasteiger partial charge in [-0.05, 0) is 63.7 Å². The molecule has 0 aliphatic rings. The third-order valence-electron chi connectivity index (χ3n) is 6.66. The maximum atomic E-state index is 12.9. The number of phenolic OH excluding ortho intramolecular Hbond substituents is 1. The third kappa shape index (κ3) is 4.86. The molecule has 5 aromatic carbocycles. The van der Waals surface area contributed by atoms with Crippen LogP contribution in [0.4, 0.5) is 0 Å². The van der Waals surface area contributed by atoms with E-state index in [1.165, 1.54) is 0 Å². The second-order valence-corrected chi connectivity index (χ2v) is 9.60. The largest absolute Gasteiger partial charge is 0.507 e. The Bertz CT molecular complexity index is 1840. The minimum absolute atomic E-state index is 0.0172. The molecule has 188 valence electrons. The molecule has 6 aromatic rings. The Kier molecular flexibility index (Phi) is 6.54. The van der Waals surface area contributed by atoms with Crippen molar-refractivity contribution in [2.45, 2.75) is 0 Å². The lowest BCUT2D eigenvalue weighted by Gasteiger charge is -2.19. The number of nitrogens with one attached hydrogen (secondary N) is 1. The molecule has 0 spiro atoms. The van der Waals surface area contributed by atoms with Crippen LogP contribution in [0.3, 0.4) is 0 Å². The Morgan fingerprint density at radius 2 is 1.18 bits per heavy atom. The van der Waals surface area contributed by atoms with Crippen molar-refractivity contribution in [2.75, 3.05) is 0 Å². The highest BCUT2D eigenvalue weighted by Gasteiger charge is 2.19. The van der Waals surface area contributed by atoms with E-state index >= 15 is 0 Å². The van der Waals surface area contributed by atoms with E-state index in [-0.39, 0.29) is 11.6 Å². The first-order chi connectivity index (χ1) is 19.1. The minimum Gasteiger partial charge on any atom is -0.507 e. The zero-order valence-corrected chi connectivity index (χ0v) is 21.6. The summed E-state index contributed by atoms with van der Waals surface area (Å²) in [4.78, 5) is 20.3. The molecule has 2 N–H and O–H groups in total. The van der Waals surface area contributed by atoms with E-state index < -0.39 is 5.56 Å². The Morgan fingerprint density at radius 1 is 0.641 bits per heavy atom. The van der Waals surface area contributed by atoms with E-state index in [0.29, 0.717) is 21.5 Å². The molecule has 4 nitrogen and oxygen atoms in total.